The zero-order valence-corrected chi connectivity index (χ0v) is 22.7. The summed E-state index contributed by atoms with van der Waals surface area (Å²) in [5.74, 6) is -0.592. The third-order valence-corrected chi connectivity index (χ3v) is 6.71. The summed E-state index contributed by atoms with van der Waals surface area (Å²) in [6.45, 7) is 2.10. The second-order valence-electron chi connectivity index (χ2n) is 9.86. The number of hydrogen-bond donors (Lipinski definition) is 1. The van der Waals surface area contributed by atoms with Gasteiger partial charge in [-0.3, -0.25) is 14.6 Å². The van der Waals surface area contributed by atoms with Gasteiger partial charge in [0.25, 0.3) is 5.91 Å². The Bertz CT molecular complexity index is 1600. The molecule has 5 aromatic rings. The summed E-state index contributed by atoms with van der Waals surface area (Å²) in [4.78, 5) is 35.8. The monoisotopic (exact) mass is 533 g/mol. The Labute approximate surface area is 233 Å². The molecule has 202 valence electrons. The number of aromatic nitrogens is 4. The van der Waals surface area contributed by atoms with E-state index in [9.17, 15) is 9.59 Å². The number of nitrogens with one attached hydrogen (secondary N) is 1. The Morgan fingerprint density at radius 2 is 1.68 bits per heavy atom. The molecular formula is C31H31N7O2. The Hall–Kier alpha value is -5.05. The predicted molar refractivity (Wildman–Crippen MR) is 156 cm³/mol. The molecule has 0 aliphatic rings. The van der Waals surface area contributed by atoms with Crippen molar-refractivity contribution in [2.75, 3.05) is 24.3 Å². The van der Waals surface area contributed by atoms with Crippen LogP contribution >= 0.6 is 0 Å². The molecule has 2 amide bonds. The molecule has 0 saturated heterocycles. The van der Waals surface area contributed by atoms with Crippen LogP contribution in [0.3, 0.4) is 0 Å². The molecule has 9 heteroatoms. The molecule has 0 aliphatic heterocycles. The molecule has 2 aromatic heterocycles. The molecular weight excluding hydrogens is 502 g/mol. The van der Waals surface area contributed by atoms with Crippen LogP contribution in [0.15, 0.2) is 97.3 Å². The van der Waals surface area contributed by atoms with Gasteiger partial charge in [-0.15, -0.1) is 5.10 Å². The smallest absolute Gasteiger partial charge is 0.251 e. The second kappa shape index (κ2) is 11.8. The van der Waals surface area contributed by atoms with E-state index in [-0.39, 0.29) is 24.9 Å². The first kappa shape index (κ1) is 26.6. The van der Waals surface area contributed by atoms with Gasteiger partial charge < -0.3 is 15.1 Å². The minimum atomic E-state index is -0.906. The number of benzene rings is 3. The molecule has 0 aliphatic carbocycles. The lowest BCUT2D eigenvalue weighted by Crippen LogP contribution is -2.42. The molecule has 1 atom stereocenters. The molecule has 0 fully saturated rings. The van der Waals surface area contributed by atoms with Gasteiger partial charge in [0, 0.05) is 44.4 Å². The molecule has 40 heavy (non-hydrogen) atoms. The van der Waals surface area contributed by atoms with Gasteiger partial charge in [0.1, 0.15) is 18.1 Å². The van der Waals surface area contributed by atoms with E-state index in [2.05, 4.69) is 20.6 Å². The van der Waals surface area contributed by atoms with Crippen molar-refractivity contribution in [1.82, 2.24) is 24.9 Å². The van der Waals surface area contributed by atoms with Crippen LogP contribution in [0, 0.1) is 6.92 Å². The molecule has 0 radical (unpaired) electrons. The molecule has 9 nitrogen and oxygen atoms in total. The SMILES string of the molecule is Cc1ccc([C@@H](C(=O)Nc2ccc(N(C)C)cc2)N(Cc2cccnc2)C(=O)Cn2nnc3ccccc32)cc1. The summed E-state index contributed by atoms with van der Waals surface area (Å²) >= 11 is 0. The highest BCUT2D eigenvalue weighted by molar-refractivity contribution is 5.98. The van der Waals surface area contributed by atoms with E-state index in [1.165, 1.54) is 0 Å². The lowest BCUT2D eigenvalue weighted by Gasteiger charge is -2.31. The number of nitrogens with zero attached hydrogens (tertiary/aromatic N) is 6. The number of amides is 2. The van der Waals surface area contributed by atoms with Crippen LogP contribution in [0.5, 0.6) is 0 Å². The number of para-hydroxylation sites is 1. The molecule has 0 unspecified atom stereocenters. The maximum absolute atomic E-state index is 14.0. The highest BCUT2D eigenvalue weighted by Gasteiger charge is 2.32. The lowest BCUT2D eigenvalue weighted by atomic mass is 10.0. The maximum atomic E-state index is 14.0. The van der Waals surface area contributed by atoms with Gasteiger partial charge in [0.05, 0.1) is 5.52 Å². The quantitative estimate of drug-likeness (QED) is 0.297. The Balaban J connectivity index is 1.52. The minimum Gasteiger partial charge on any atom is -0.378 e. The van der Waals surface area contributed by atoms with Crippen LogP contribution in [-0.2, 0) is 22.7 Å². The van der Waals surface area contributed by atoms with Gasteiger partial charge in [-0.1, -0.05) is 53.2 Å². The highest BCUT2D eigenvalue weighted by Crippen LogP contribution is 2.27. The average molecular weight is 534 g/mol. The van der Waals surface area contributed by atoms with Crippen molar-refractivity contribution < 1.29 is 9.59 Å². The van der Waals surface area contributed by atoms with Crippen molar-refractivity contribution in [2.24, 2.45) is 0 Å². The van der Waals surface area contributed by atoms with Crippen molar-refractivity contribution in [3.63, 3.8) is 0 Å². The summed E-state index contributed by atoms with van der Waals surface area (Å²) in [7, 11) is 3.92. The molecule has 5 rings (SSSR count). The van der Waals surface area contributed by atoms with Crippen molar-refractivity contribution in [1.29, 1.82) is 0 Å². The Kier molecular flexibility index (Phi) is 7.82. The fraction of sp³-hybridized carbons (Fsp3) is 0.194. The van der Waals surface area contributed by atoms with E-state index in [4.69, 9.17) is 0 Å². The van der Waals surface area contributed by atoms with E-state index in [0.717, 1.165) is 22.3 Å². The minimum absolute atomic E-state index is 0.0754. The first-order chi connectivity index (χ1) is 19.4. The van der Waals surface area contributed by atoms with Crippen molar-refractivity contribution in [3.05, 3.63) is 114 Å². The number of aryl methyl sites for hydroxylation is 1. The largest absolute Gasteiger partial charge is 0.378 e. The number of rotatable bonds is 9. The van der Waals surface area contributed by atoms with Crippen LogP contribution in [0.4, 0.5) is 11.4 Å². The first-order valence-electron chi connectivity index (χ1n) is 13.0. The van der Waals surface area contributed by atoms with E-state index < -0.39 is 6.04 Å². The number of carbonyl (C=O) groups is 2. The Morgan fingerprint density at radius 1 is 0.925 bits per heavy atom. The lowest BCUT2D eigenvalue weighted by molar-refractivity contribution is -0.140. The van der Waals surface area contributed by atoms with Crippen molar-refractivity contribution >= 4 is 34.2 Å². The normalized spacial score (nSPS) is 11.7. The third kappa shape index (κ3) is 5.99. The highest BCUT2D eigenvalue weighted by atomic mass is 16.2. The van der Waals surface area contributed by atoms with E-state index in [1.807, 2.05) is 111 Å². The fourth-order valence-electron chi connectivity index (χ4n) is 4.54. The van der Waals surface area contributed by atoms with Gasteiger partial charge in [-0.25, -0.2) is 4.68 Å². The van der Waals surface area contributed by atoms with Crippen LogP contribution in [0.2, 0.25) is 0 Å². The van der Waals surface area contributed by atoms with E-state index in [1.54, 1.807) is 22.0 Å². The first-order valence-corrected chi connectivity index (χ1v) is 13.0. The van der Waals surface area contributed by atoms with Crippen LogP contribution in [-0.4, -0.2) is 50.8 Å². The molecule has 0 spiro atoms. The summed E-state index contributed by atoms with van der Waals surface area (Å²) in [6.07, 6.45) is 3.38. The topological polar surface area (TPSA) is 96.2 Å². The molecule has 0 bridgehead atoms. The second-order valence-corrected chi connectivity index (χ2v) is 9.86. The summed E-state index contributed by atoms with van der Waals surface area (Å²) in [6, 6.07) is 25.5. The van der Waals surface area contributed by atoms with Crippen molar-refractivity contribution in [3.8, 4) is 0 Å². The van der Waals surface area contributed by atoms with Gasteiger partial charge in [0.15, 0.2) is 0 Å². The molecule has 1 N–H and O–H groups in total. The van der Waals surface area contributed by atoms with Crippen LogP contribution in [0.1, 0.15) is 22.7 Å². The van der Waals surface area contributed by atoms with Gasteiger partial charge in [-0.05, 0) is 60.5 Å². The number of anilines is 2. The summed E-state index contributed by atoms with van der Waals surface area (Å²) < 4.78 is 1.57. The zero-order chi connectivity index (χ0) is 28.1. The zero-order valence-electron chi connectivity index (χ0n) is 22.7. The van der Waals surface area contributed by atoms with E-state index in [0.29, 0.717) is 16.8 Å². The number of pyridine rings is 1. The summed E-state index contributed by atoms with van der Waals surface area (Å²) in [5, 5.41) is 11.4. The van der Waals surface area contributed by atoms with Crippen LogP contribution in [0.25, 0.3) is 11.0 Å². The maximum Gasteiger partial charge on any atom is 0.251 e. The third-order valence-electron chi connectivity index (χ3n) is 6.71. The van der Waals surface area contributed by atoms with E-state index >= 15 is 0 Å². The summed E-state index contributed by atoms with van der Waals surface area (Å²) in [5.41, 5.74) is 5.66. The van der Waals surface area contributed by atoms with Gasteiger partial charge in [-0.2, -0.15) is 0 Å². The van der Waals surface area contributed by atoms with Gasteiger partial charge in [0.2, 0.25) is 5.91 Å². The molecule has 3 aromatic carbocycles. The fourth-order valence-corrected chi connectivity index (χ4v) is 4.54. The van der Waals surface area contributed by atoms with Gasteiger partial charge >= 0.3 is 0 Å². The van der Waals surface area contributed by atoms with Crippen molar-refractivity contribution in [2.45, 2.75) is 26.1 Å². The number of carbonyl (C=O) groups excluding carboxylic acids is 2. The van der Waals surface area contributed by atoms with Crippen LogP contribution < -0.4 is 10.2 Å². The number of fused-ring (bicyclic) bond motifs is 1. The molecule has 2 heterocycles. The standard InChI is InChI=1S/C31H31N7O2/c1-22-10-12-24(13-11-22)30(31(40)33-25-14-16-26(17-15-25)36(2)3)37(20-23-7-6-18-32-19-23)29(39)21-38-28-9-5-4-8-27(28)34-35-38/h4-19,30H,20-21H2,1-3H3,(H,33,40)/t30-/m0/s1. The predicted octanol–water partition coefficient (Wildman–Crippen LogP) is 4.61. The average Bonchev–Trinajstić information content (AvgIpc) is 3.37. The number of hydrogen-bond acceptors (Lipinski definition) is 6. The molecule has 0 saturated carbocycles. The Morgan fingerprint density at radius 3 is 2.38 bits per heavy atom.